The van der Waals surface area contributed by atoms with E-state index in [2.05, 4.69) is 0 Å². The van der Waals surface area contributed by atoms with Crippen molar-refractivity contribution in [3.05, 3.63) is 71.1 Å². The summed E-state index contributed by atoms with van der Waals surface area (Å²) in [5.41, 5.74) is 0.593. The number of aryl methyl sites for hydroxylation is 1. The van der Waals surface area contributed by atoms with E-state index < -0.39 is 5.97 Å². The normalized spacial score (nSPS) is 10.6. The Morgan fingerprint density at radius 1 is 1.07 bits per heavy atom. The van der Waals surface area contributed by atoms with Gasteiger partial charge in [0.15, 0.2) is 5.75 Å². The number of carboxylic acid groups (broad SMARTS) is 1. The van der Waals surface area contributed by atoms with Crippen LogP contribution in [0.1, 0.15) is 19.8 Å². The fraction of sp³-hybridized carbons (Fsp3) is 0.217. The molecule has 0 unspecified atom stereocenters. The van der Waals surface area contributed by atoms with Crippen molar-refractivity contribution in [1.29, 1.82) is 0 Å². The van der Waals surface area contributed by atoms with Crippen LogP contribution in [0.25, 0.3) is 11.1 Å². The van der Waals surface area contributed by atoms with E-state index in [1.54, 1.807) is 47.2 Å². The van der Waals surface area contributed by atoms with Crippen LogP contribution in [0.2, 0.25) is 0 Å². The van der Waals surface area contributed by atoms with Gasteiger partial charge in [-0.1, -0.05) is 25.1 Å². The van der Waals surface area contributed by atoms with Gasteiger partial charge in [0.05, 0.1) is 19.2 Å². The molecule has 156 valence electrons. The molecular formula is C23H23NO6. The molecule has 0 atom stereocenters. The predicted molar refractivity (Wildman–Crippen MR) is 112 cm³/mol. The van der Waals surface area contributed by atoms with Crippen molar-refractivity contribution in [2.24, 2.45) is 0 Å². The van der Waals surface area contributed by atoms with Crippen molar-refractivity contribution in [1.82, 2.24) is 4.57 Å². The molecule has 2 aromatic carbocycles. The molecule has 0 saturated carbocycles. The Bertz CT molecular complexity index is 1070. The molecule has 0 aliphatic heterocycles. The van der Waals surface area contributed by atoms with Crippen LogP contribution in [0.5, 0.6) is 23.0 Å². The first-order valence-corrected chi connectivity index (χ1v) is 9.62. The SMILES string of the molecule is CCCOc1cccc(Oc2cn(CCC(=O)O)cc(-c3ccc(O)cc3)c2=O)c1. The molecule has 1 heterocycles. The molecule has 0 spiro atoms. The number of rotatable bonds is 9. The number of aromatic nitrogens is 1. The first-order valence-electron chi connectivity index (χ1n) is 9.62. The van der Waals surface area contributed by atoms with Crippen LogP contribution in [-0.2, 0) is 11.3 Å². The van der Waals surface area contributed by atoms with Gasteiger partial charge in [-0.25, -0.2) is 0 Å². The molecule has 2 N–H and O–H groups in total. The van der Waals surface area contributed by atoms with Crippen LogP contribution in [-0.4, -0.2) is 27.4 Å². The Hall–Kier alpha value is -3.74. The Labute approximate surface area is 173 Å². The fourth-order valence-electron chi connectivity index (χ4n) is 2.85. The highest BCUT2D eigenvalue weighted by Gasteiger charge is 2.13. The minimum absolute atomic E-state index is 0.0682. The number of carbonyl (C=O) groups is 1. The van der Waals surface area contributed by atoms with Gasteiger partial charge in [-0.15, -0.1) is 0 Å². The summed E-state index contributed by atoms with van der Waals surface area (Å²) in [7, 11) is 0. The molecule has 3 rings (SSSR count). The maximum atomic E-state index is 13.1. The van der Waals surface area contributed by atoms with Crippen molar-refractivity contribution in [2.45, 2.75) is 26.3 Å². The van der Waals surface area contributed by atoms with Crippen molar-refractivity contribution < 1.29 is 24.5 Å². The Morgan fingerprint density at radius 2 is 1.80 bits per heavy atom. The first-order chi connectivity index (χ1) is 14.5. The number of phenols is 1. The van der Waals surface area contributed by atoms with Crippen LogP contribution in [0.4, 0.5) is 0 Å². The number of benzene rings is 2. The van der Waals surface area contributed by atoms with E-state index in [-0.39, 0.29) is 29.9 Å². The van der Waals surface area contributed by atoms with E-state index in [0.717, 1.165) is 6.42 Å². The van der Waals surface area contributed by atoms with E-state index in [1.165, 1.54) is 18.3 Å². The third-order valence-electron chi connectivity index (χ3n) is 4.31. The van der Waals surface area contributed by atoms with Gasteiger partial charge < -0.3 is 24.3 Å². The average molecular weight is 409 g/mol. The van der Waals surface area contributed by atoms with Crippen LogP contribution in [0, 0.1) is 0 Å². The summed E-state index contributed by atoms with van der Waals surface area (Å²) in [6, 6.07) is 13.2. The van der Waals surface area contributed by atoms with Gasteiger partial charge in [-0.3, -0.25) is 9.59 Å². The van der Waals surface area contributed by atoms with Crippen LogP contribution in [0.15, 0.2) is 65.7 Å². The number of ether oxygens (including phenoxy) is 2. The third kappa shape index (κ3) is 5.41. The second-order valence-corrected chi connectivity index (χ2v) is 6.72. The summed E-state index contributed by atoms with van der Waals surface area (Å²) < 4.78 is 13.1. The Balaban J connectivity index is 1.99. The van der Waals surface area contributed by atoms with Crippen LogP contribution < -0.4 is 14.9 Å². The molecule has 1 aromatic heterocycles. The van der Waals surface area contributed by atoms with Crippen molar-refractivity contribution in [2.75, 3.05) is 6.61 Å². The molecule has 7 heteroatoms. The number of nitrogens with zero attached hydrogens (tertiary/aromatic N) is 1. The zero-order valence-corrected chi connectivity index (χ0v) is 16.6. The topological polar surface area (TPSA) is 98.0 Å². The van der Waals surface area contributed by atoms with Crippen LogP contribution >= 0.6 is 0 Å². The molecule has 3 aromatic rings. The molecule has 0 saturated heterocycles. The molecule has 0 aliphatic carbocycles. The van der Waals surface area contributed by atoms with E-state index in [9.17, 15) is 14.7 Å². The maximum Gasteiger partial charge on any atom is 0.305 e. The lowest BCUT2D eigenvalue weighted by Gasteiger charge is -2.13. The molecule has 0 aliphatic rings. The Kier molecular flexibility index (Phi) is 6.75. The monoisotopic (exact) mass is 409 g/mol. The molecule has 0 fully saturated rings. The summed E-state index contributed by atoms with van der Waals surface area (Å²) in [5.74, 6) is 0.284. The number of phenolic OH excluding ortho intramolecular Hbond substituents is 1. The predicted octanol–water partition coefficient (Wildman–Crippen LogP) is 4.28. The van der Waals surface area contributed by atoms with Gasteiger partial charge in [-0.05, 0) is 36.2 Å². The molecule has 0 bridgehead atoms. The Morgan fingerprint density at radius 3 is 2.50 bits per heavy atom. The summed E-state index contributed by atoms with van der Waals surface area (Å²) in [5, 5.41) is 18.5. The van der Waals surface area contributed by atoms with Crippen molar-refractivity contribution in [3.63, 3.8) is 0 Å². The molecule has 30 heavy (non-hydrogen) atoms. The largest absolute Gasteiger partial charge is 0.508 e. The van der Waals surface area contributed by atoms with Gasteiger partial charge in [-0.2, -0.15) is 0 Å². The van der Waals surface area contributed by atoms with Gasteiger partial charge in [0.2, 0.25) is 5.43 Å². The quantitative estimate of drug-likeness (QED) is 0.548. The number of hydrogen-bond acceptors (Lipinski definition) is 5. The third-order valence-corrected chi connectivity index (χ3v) is 4.31. The molecule has 0 radical (unpaired) electrons. The second kappa shape index (κ2) is 9.65. The van der Waals surface area contributed by atoms with Gasteiger partial charge in [0.1, 0.15) is 17.2 Å². The summed E-state index contributed by atoms with van der Waals surface area (Å²) >= 11 is 0. The minimum Gasteiger partial charge on any atom is -0.508 e. The average Bonchev–Trinajstić information content (AvgIpc) is 2.73. The zero-order chi connectivity index (χ0) is 21.5. The smallest absolute Gasteiger partial charge is 0.305 e. The lowest BCUT2D eigenvalue weighted by Crippen LogP contribution is -2.14. The maximum absolute atomic E-state index is 13.1. The fourth-order valence-corrected chi connectivity index (χ4v) is 2.85. The standard InChI is InChI=1S/C23H23NO6/c1-2-12-29-18-4-3-5-19(13-18)30-21-15-24(11-10-22(26)27)14-20(23(21)28)16-6-8-17(25)9-7-16/h3-9,13-15,25H,2,10-12H2,1H3,(H,26,27). The minimum atomic E-state index is -0.942. The number of aromatic hydroxyl groups is 1. The molecule has 7 nitrogen and oxygen atoms in total. The highest BCUT2D eigenvalue weighted by molar-refractivity contribution is 5.67. The first kappa shape index (κ1) is 21.0. The van der Waals surface area contributed by atoms with Gasteiger partial charge in [0, 0.05) is 24.4 Å². The zero-order valence-electron chi connectivity index (χ0n) is 16.6. The lowest BCUT2D eigenvalue weighted by atomic mass is 10.1. The highest BCUT2D eigenvalue weighted by atomic mass is 16.5. The van der Waals surface area contributed by atoms with Crippen LogP contribution in [0.3, 0.4) is 0 Å². The molecular weight excluding hydrogens is 386 g/mol. The van der Waals surface area contributed by atoms with E-state index in [4.69, 9.17) is 14.6 Å². The van der Waals surface area contributed by atoms with Gasteiger partial charge in [0.25, 0.3) is 0 Å². The van der Waals surface area contributed by atoms with Gasteiger partial charge >= 0.3 is 5.97 Å². The van der Waals surface area contributed by atoms with E-state index in [0.29, 0.717) is 29.2 Å². The highest BCUT2D eigenvalue weighted by Crippen LogP contribution is 2.26. The lowest BCUT2D eigenvalue weighted by molar-refractivity contribution is -0.137. The summed E-state index contributed by atoms with van der Waals surface area (Å²) in [4.78, 5) is 24.0. The summed E-state index contributed by atoms with van der Waals surface area (Å²) in [6.45, 7) is 2.76. The van der Waals surface area contributed by atoms with Crippen molar-refractivity contribution >= 4 is 5.97 Å². The molecule has 0 amide bonds. The van der Waals surface area contributed by atoms with E-state index >= 15 is 0 Å². The second-order valence-electron chi connectivity index (χ2n) is 6.72. The number of carboxylic acids is 1. The number of aliphatic carboxylic acids is 1. The summed E-state index contributed by atoms with van der Waals surface area (Å²) in [6.07, 6.45) is 3.85. The van der Waals surface area contributed by atoms with Crippen molar-refractivity contribution in [3.8, 4) is 34.1 Å². The number of pyridine rings is 1. The van der Waals surface area contributed by atoms with E-state index in [1.807, 2.05) is 6.92 Å². The number of hydrogen-bond donors (Lipinski definition) is 2.